The number of para-hydroxylation sites is 2. The number of rotatable bonds is 5. The van der Waals surface area contributed by atoms with E-state index in [0.717, 1.165) is 11.8 Å². The first-order valence-electron chi connectivity index (χ1n) is 9.55. The topological polar surface area (TPSA) is 64.0 Å². The Balaban J connectivity index is 1.74. The lowest BCUT2D eigenvalue weighted by Crippen LogP contribution is -2.26. The van der Waals surface area contributed by atoms with Crippen molar-refractivity contribution >= 4 is 57.5 Å². The summed E-state index contributed by atoms with van der Waals surface area (Å²) in [5.41, 5.74) is 0.463. The number of anilines is 1. The monoisotopic (exact) mass is 487 g/mol. The van der Waals surface area contributed by atoms with Crippen LogP contribution in [0.3, 0.4) is 0 Å². The molecule has 0 aliphatic carbocycles. The average Bonchev–Trinajstić information content (AvgIpc) is 2.78. The van der Waals surface area contributed by atoms with E-state index in [9.17, 15) is 14.0 Å². The number of fused-ring (bicyclic) bond motifs is 1. The Bertz CT molecular complexity index is 1390. The van der Waals surface area contributed by atoms with Gasteiger partial charge in [0.25, 0.3) is 5.56 Å². The van der Waals surface area contributed by atoms with Gasteiger partial charge in [-0.3, -0.25) is 14.2 Å². The van der Waals surface area contributed by atoms with Crippen LogP contribution in [-0.4, -0.2) is 20.7 Å². The molecule has 4 rings (SSSR count). The Morgan fingerprint density at radius 3 is 2.56 bits per heavy atom. The Labute approximate surface area is 197 Å². The Kier molecular flexibility index (Phi) is 6.50. The summed E-state index contributed by atoms with van der Waals surface area (Å²) in [6.45, 7) is 1.66. The van der Waals surface area contributed by atoms with E-state index >= 15 is 0 Å². The van der Waals surface area contributed by atoms with E-state index < -0.39 is 16.6 Å². The van der Waals surface area contributed by atoms with Gasteiger partial charge in [0.15, 0.2) is 5.16 Å². The second-order valence-electron chi connectivity index (χ2n) is 6.85. The number of hydrogen-bond acceptors (Lipinski definition) is 4. The van der Waals surface area contributed by atoms with Crippen molar-refractivity contribution in [3.8, 4) is 5.69 Å². The zero-order valence-electron chi connectivity index (χ0n) is 16.7. The standard InChI is InChI=1S/C23H16Cl2FN3O2S/c1-13(21(30)27-18-11-6-8-15(24)20(18)25)32-23-28-17-10-4-2-7-14(17)22(31)29(23)19-12-5-3-9-16(19)26/h2-13H,1H3,(H,27,30)/t13-/m1/s1. The van der Waals surface area contributed by atoms with Crippen molar-refractivity contribution in [1.29, 1.82) is 0 Å². The predicted molar refractivity (Wildman–Crippen MR) is 128 cm³/mol. The molecular weight excluding hydrogens is 472 g/mol. The van der Waals surface area contributed by atoms with Gasteiger partial charge in [0.2, 0.25) is 5.91 Å². The first-order valence-corrected chi connectivity index (χ1v) is 11.2. The van der Waals surface area contributed by atoms with Gasteiger partial charge < -0.3 is 5.32 Å². The number of aromatic nitrogens is 2. The summed E-state index contributed by atoms with van der Waals surface area (Å²) in [6.07, 6.45) is 0. The first kappa shape index (κ1) is 22.3. The highest BCUT2D eigenvalue weighted by molar-refractivity contribution is 8.00. The van der Waals surface area contributed by atoms with Gasteiger partial charge in [0, 0.05) is 0 Å². The fourth-order valence-corrected chi connectivity index (χ4v) is 4.35. The van der Waals surface area contributed by atoms with Gasteiger partial charge in [-0.25, -0.2) is 9.37 Å². The summed E-state index contributed by atoms with van der Waals surface area (Å²) in [4.78, 5) is 30.6. The predicted octanol–water partition coefficient (Wildman–Crippen LogP) is 5.95. The normalized spacial score (nSPS) is 12.0. The zero-order chi connectivity index (χ0) is 22.8. The summed E-state index contributed by atoms with van der Waals surface area (Å²) >= 11 is 13.2. The van der Waals surface area contributed by atoms with Crippen molar-refractivity contribution in [2.75, 3.05) is 5.32 Å². The highest BCUT2D eigenvalue weighted by Gasteiger charge is 2.22. The number of nitrogens with one attached hydrogen (secondary N) is 1. The average molecular weight is 488 g/mol. The molecule has 0 radical (unpaired) electrons. The second kappa shape index (κ2) is 9.32. The molecule has 0 saturated carbocycles. The van der Waals surface area contributed by atoms with Crippen LogP contribution in [0.5, 0.6) is 0 Å². The molecule has 1 aromatic heterocycles. The van der Waals surface area contributed by atoms with E-state index in [-0.39, 0.29) is 21.8 Å². The highest BCUT2D eigenvalue weighted by Crippen LogP contribution is 2.31. The summed E-state index contributed by atoms with van der Waals surface area (Å²) in [5, 5.41) is 3.13. The number of amides is 1. The number of carbonyl (C=O) groups is 1. The van der Waals surface area contributed by atoms with E-state index in [0.29, 0.717) is 21.6 Å². The summed E-state index contributed by atoms with van der Waals surface area (Å²) in [5.74, 6) is -0.946. The summed E-state index contributed by atoms with van der Waals surface area (Å²) < 4.78 is 15.8. The van der Waals surface area contributed by atoms with Crippen molar-refractivity contribution in [3.05, 3.63) is 92.9 Å². The summed E-state index contributed by atoms with van der Waals surface area (Å²) in [7, 11) is 0. The third-order valence-corrected chi connectivity index (χ3v) is 6.57. The van der Waals surface area contributed by atoms with Crippen LogP contribution in [0.15, 0.2) is 76.7 Å². The lowest BCUT2D eigenvalue weighted by Gasteiger charge is -2.17. The van der Waals surface area contributed by atoms with Crippen molar-refractivity contribution < 1.29 is 9.18 Å². The molecule has 5 nitrogen and oxygen atoms in total. The number of thioether (sulfide) groups is 1. The lowest BCUT2D eigenvalue weighted by molar-refractivity contribution is -0.115. The minimum atomic E-state index is -0.684. The number of benzene rings is 3. The van der Waals surface area contributed by atoms with Gasteiger partial charge in [-0.05, 0) is 43.3 Å². The molecule has 32 heavy (non-hydrogen) atoms. The van der Waals surface area contributed by atoms with Crippen LogP contribution < -0.4 is 10.9 Å². The van der Waals surface area contributed by atoms with Gasteiger partial charge in [-0.1, -0.05) is 65.3 Å². The molecule has 1 heterocycles. The van der Waals surface area contributed by atoms with Gasteiger partial charge in [-0.2, -0.15) is 0 Å². The molecule has 1 amide bonds. The van der Waals surface area contributed by atoms with Crippen molar-refractivity contribution in [1.82, 2.24) is 9.55 Å². The molecule has 9 heteroatoms. The quantitative estimate of drug-likeness (QED) is 0.279. The molecule has 1 N–H and O–H groups in total. The molecule has 1 atom stereocenters. The van der Waals surface area contributed by atoms with E-state index in [1.54, 1.807) is 55.5 Å². The van der Waals surface area contributed by atoms with E-state index in [2.05, 4.69) is 10.3 Å². The Hall–Kier alpha value is -2.87. The van der Waals surface area contributed by atoms with Gasteiger partial charge >= 0.3 is 0 Å². The molecule has 4 aromatic rings. The second-order valence-corrected chi connectivity index (χ2v) is 8.95. The number of hydrogen-bond donors (Lipinski definition) is 1. The molecule has 0 unspecified atom stereocenters. The molecule has 0 spiro atoms. The van der Waals surface area contributed by atoms with Crippen LogP contribution in [0.1, 0.15) is 6.92 Å². The fraction of sp³-hybridized carbons (Fsp3) is 0.0870. The van der Waals surface area contributed by atoms with Gasteiger partial charge in [0.05, 0.1) is 37.6 Å². The van der Waals surface area contributed by atoms with Crippen LogP contribution >= 0.6 is 35.0 Å². The zero-order valence-corrected chi connectivity index (χ0v) is 19.0. The van der Waals surface area contributed by atoms with E-state index in [1.165, 1.54) is 22.8 Å². The fourth-order valence-electron chi connectivity index (χ4n) is 3.08. The Morgan fingerprint density at radius 2 is 1.78 bits per heavy atom. The molecule has 0 saturated heterocycles. The van der Waals surface area contributed by atoms with E-state index in [4.69, 9.17) is 23.2 Å². The molecule has 3 aromatic carbocycles. The van der Waals surface area contributed by atoms with Crippen LogP contribution in [0.4, 0.5) is 10.1 Å². The van der Waals surface area contributed by atoms with Crippen LogP contribution in [0.25, 0.3) is 16.6 Å². The Morgan fingerprint density at radius 1 is 1.06 bits per heavy atom. The number of carbonyl (C=O) groups excluding carboxylic acids is 1. The highest BCUT2D eigenvalue weighted by atomic mass is 35.5. The maximum absolute atomic E-state index is 14.6. The third-order valence-electron chi connectivity index (χ3n) is 4.70. The molecule has 0 aliphatic heterocycles. The maximum Gasteiger partial charge on any atom is 0.266 e. The smallest absolute Gasteiger partial charge is 0.266 e. The van der Waals surface area contributed by atoms with Crippen LogP contribution in [0.2, 0.25) is 10.0 Å². The SMILES string of the molecule is C[C@@H](Sc1nc2ccccc2c(=O)n1-c1ccccc1F)C(=O)Nc1cccc(Cl)c1Cl. The molecule has 0 fully saturated rings. The first-order chi connectivity index (χ1) is 15.4. The lowest BCUT2D eigenvalue weighted by atomic mass is 10.2. The third kappa shape index (κ3) is 4.37. The largest absolute Gasteiger partial charge is 0.324 e. The van der Waals surface area contributed by atoms with Crippen molar-refractivity contribution in [3.63, 3.8) is 0 Å². The molecule has 0 bridgehead atoms. The molecular formula is C23H16Cl2FN3O2S. The summed E-state index contributed by atoms with van der Waals surface area (Å²) in [6, 6.07) is 17.6. The number of nitrogens with zero attached hydrogens (tertiary/aromatic N) is 2. The molecule has 162 valence electrons. The maximum atomic E-state index is 14.6. The van der Waals surface area contributed by atoms with Crippen LogP contribution in [0, 0.1) is 5.82 Å². The molecule has 0 aliphatic rings. The van der Waals surface area contributed by atoms with E-state index in [1.807, 2.05) is 0 Å². The van der Waals surface area contributed by atoms with Crippen molar-refractivity contribution in [2.45, 2.75) is 17.3 Å². The van der Waals surface area contributed by atoms with Crippen LogP contribution in [-0.2, 0) is 4.79 Å². The number of halogens is 3. The van der Waals surface area contributed by atoms with Crippen molar-refractivity contribution in [2.24, 2.45) is 0 Å². The van der Waals surface area contributed by atoms with Gasteiger partial charge in [0.1, 0.15) is 5.82 Å². The minimum Gasteiger partial charge on any atom is -0.324 e. The minimum absolute atomic E-state index is 0.0590. The van der Waals surface area contributed by atoms with Gasteiger partial charge in [-0.15, -0.1) is 0 Å².